The predicted octanol–water partition coefficient (Wildman–Crippen LogP) is 2.97. The van der Waals surface area contributed by atoms with Crippen molar-refractivity contribution in [2.75, 3.05) is 11.9 Å². The Morgan fingerprint density at radius 1 is 1.32 bits per heavy atom. The summed E-state index contributed by atoms with van der Waals surface area (Å²) in [5.41, 5.74) is 0.506. The van der Waals surface area contributed by atoms with Crippen LogP contribution in [-0.4, -0.2) is 23.5 Å². The van der Waals surface area contributed by atoms with E-state index in [9.17, 15) is 4.79 Å². The lowest BCUT2D eigenvalue weighted by molar-refractivity contribution is 0.0923. The number of amides is 1. The van der Waals surface area contributed by atoms with E-state index in [0.29, 0.717) is 11.7 Å². The number of nitrogens with one attached hydrogen (secondary N) is 2. The number of rotatable bonds is 5. The summed E-state index contributed by atoms with van der Waals surface area (Å²) < 4.78 is 0. The molecule has 0 bridgehead atoms. The minimum atomic E-state index is -0.0490. The second kappa shape index (κ2) is 7.12. The third-order valence-corrected chi connectivity index (χ3v) is 3.48. The van der Waals surface area contributed by atoms with Crippen LogP contribution in [0.3, 0.4) is 0 Å². The Hall–Kier alpha value is -1.58. The van der Waals surface area contributed by atoms with Gasteiger partial charge in [0.15, 0.2) is 0 Å². The molecule has 0 atom stereocenters. The lowest BCUT2D eigenvalue weighted by Crippen LogP contribution is -2.36. The van der Waals surface area contributed by atoms with Crippen molar-refractivity contribution in [3.63, 3.8) is 0 Å². The molecule has 2 N–H and O–H groups in total. The van der Waals surface area contributed by atoms with Crippen LogP contribution >= 0.6 is 0 Å². The van der Waals surface area contributed by atoms with Crippen LogP contribution in [0.25, 0.3) is 0 Å². The summed E-state index contributed by atoms with van der Waals surface area (Å²) in [5.74, 6) is 0.727. The van der Waals surface area contributed by atoms with Crippen molar-refractivity contribution in [2.45, 2.75) is 51.5 Å². The highest BCUT2D eigenvalue weighted by Gasteiger charge is 2.17. The third-order valence-electron chi connectivity index (χ3n) is 3.48. The number of carbonyl (C=O) groups excluding carboxylic acids is 1. The molecular weight excluding hydrogens is 238 g/mol. The van der Waals surface area contributed by atoms with Crippen molar-refractivity contribution in [3.05, 3.63) is 23.9 Å². The van der Waals surface area contributed by atoms with Crippen LogP contribution in [0.2, 0.25) is 0 Å². The minimum absolute atomic E-state index is 0.0490. The largest absolute Gasteiger partial charge is 0.370 e. The van der Waals surface area contributed by atoms with Crippen LogP contribution in [0.4, 0.5) is 5.82 Å². The van der Waals surface area contributed by atoms with E-state index in [1.807, 2.05) is 12.1 Å². The lowest BCUT2D eigenvalue weighted by Gasteiger charge is -2.22. The van der Waals surface area contributed by atoms with Gasteiger partial charge in [-0.25, -0.2) is 4.98 Å². The topological polar surface area (TPSA) is 54.0 Å². The molecule has 1 aliphatic rings. The fourth-order valence-electron chi connectivity index (χ4n) is 2.42. The monoisotopic (exact) mass is 261 g/mol. The first-order chi connectivity index (χ1) is 9.29. The molecule has 1 heterocycles. The van der Waals surface area contributed by atoms with Gasteiger partial charge in [-0.1, -0.05) is 32.3 Å². The fraction of sp³-hybridized carbons (Fsp3) is 0.600. The highest BCUT2D eigenvalue weighted by atomic mass is 16.1. The molecule has 0 radical (unpaired) electrons. The predicted molar refractivity (Wildman–Crippen MR) is 77.4 cm³/mol. The maximum Gasteiger partial charge on any atom is 0.270 e. The zero-order chi connectivity index (χ0) is 13.5. The van der Waals surface area contributed by atoms with E-state index < -0.39 is 0 Å². The summed E-state index contributed by atoms with van der Waals surface area (Å²) >= 11 is 0. The molecule has 0 unspecified atom stereocenters. The summed E-state index contributed by atoms with van der Waals surface area (Å²) in [5, 5.41) is 6.29. The molecular formula is C15H23N3O. The highest BCUT2D eigenvalue weighted by Crippen LogP contribution is 2.17. The molecule has 1 saturated carbocycles. The Bertz CT molecular complexity index is 414. The summed E-state index contributed by atoms with van der Waals surface area (Å²) in [6.07, 6.45) is 6.97. The van der Waals surface area contributed by atoms with Crippen molar-refractivity contribution in [2.24, 2.45) is 0 Å². The fourth-order valence-corrected chi connectivity index (χ4v) is 2.42. The summed E-state index contributed by atoms with van der Waals surface area (Å²) in [4.78, 5) is 16.5. The van der Waals surface area contributed by atoms with Crippen molar-refractivity contribution in [3.8, 4) is 0 Å². The summed E-state index contributed by atoms with van der Waals surface area (Å²) in [6.45, 7) is 2.98. The van der Waals surface area contributed by atoms with Crippen molar-refractivity contribution in [1.82, 2.24) is 10.3 Å². The maximum atomic E-state index is 12.1. The molecule has 0 aliphatic heterocycles. The van der Waals surface area contributed by atoms with E-state index in [1.165, 1.54) is 19.3 Å². The minimum Gasteiger partial charge on any atom is -0.370 e. The van der Waals surface area contributed by atoms with Gasteiger partial charge in [0.25, 0.3) is 5.91 Å². The van der Waals surface area contributed by atoms with Gasteiger partial charge in [-0.2, -0.15) is 0 Å². The molecule has 0 saturated heterocycles. The molecule has 1 aliphatic carbocycles. The van der Waals surface area contributed by atoms with Crippen LogP contribution in [0.15, 0.2) is 18.2 Å². The van der Waals surface area contributed by atoms with Gasteiger partial charge >= 0.3 is 0 Å². The Morgan fingerprint density at radius 3 is 2.84 bits per heavy atom. The molecule has 1 amide bonds. The second-order valence-corrected chi connectivity index (χ2v) is 5.14. The zero-order valence-corrected chi connectivity index (χ0v) is 11.6. The highest BCUT2D eigenvalue weighted by molar-refractivity contribution is 5.92. The molecule has 0 spiro atoms. The van der Waals surface area contributed by atoms with Crippen LogP contribution in [0.1, 0.15) is 55.9 Å². The molecule has 104 valence electrons. The van der Waals surface area contributed by atoms with Gasteiger partial charge in [-0.3, -0.25) is 4.79 Å². The number of hydrogen-bond acceptors (Lipinski definition) is 3. The van der Waals surface area contributed by atoms with Crippen LogP contribution in [0.5, 0.6) is 0 Å². The normalized spacial score (nSPS) is 16.1. The van der Waals surface area contributed by atoms with Crippen molar-refractivity contribution in [1.29, 1.82) is 0 Å². The number of pyridine rings is 1. The van der Waals surface area contributed by atoms with Gasteiger partial charge in [-0.15, -0.1) is 0 Å². The Balaban J connectivity index is 1.93. The SMILES string of the molecule is CCCNc1cccc(C(=O)NC2CCCCC2)n1. The summed E-state index contributed by atoms with van der Waals surface area (Å²) in [6, 6.07) is 5.87. The van der Waals surface area contributed by atoms with E-state index >= 15 is 0 Å². The molecule has 4 heteroatoms. The molecule has 4 nitrogen and oxygen atoms in total. The van der Waals surface area contributed by atoms with E-state index in [2.05, 4.69) is 22.5 Å². The Morgan fingerprint density at radius 2 is 2.11 bits per heavy atom. The van der Waals surface area contributed by atoms with Crippen LogP contribution in [-0.2, 0) is 0 Å². The smallest absolute Gasteiger partial charge is 0.270 e. The van der Waals surface area contributed by atoms with Gasteiger partial charge in [0.2, 0.25) is 0 Å². The van der Waals surface area contributed by atoms with E-state index in [4.69, 9.17) is 0 Å². The third kappa shape index (κ3) is 4.23. The average Bonchev–Trinajstić information content (AvgIpc) is 2.46. The first-order valence-corrected chi connectivity index (χ1v) is 7.31. The van der Waals surface area contributed by atoms with Crippen molar-refractivity contribution < 1.29 is 4.79 Å². The van der Waals surface area contributed by atoms with Gasteiger partial charge in [0, 0.05) is 12.6 Å². The van der Waals surface area contributed by atoms with E-state index in [0.717, 1.165) is 31.6 Å². The summed E-state index contributed by atoms with van der Waals surface area (Å²) in [7, 11) is 0. The van der Waals surface area contributed by atoms with E-state index in [1.54, 1.807) is 6.07 Å². The molecule has 2 rings (SSSR count). The quantitative estimate of drug-likeness (QED) is 0.856. The number of anilines is 1. The van der Waals surface area contributed by atoms with Gasteiger partial charge in [0.05, 0.1) is 0 Å². The maximum absolute atomic E-state index is 12.1. The second-order valence-electron chi connectivity index (χ2n) is 5.14. The van der Waals surface area contributed by atoms with Gasteiger partial charge < -0.3 is 10.6 Å². The molecule has 1 aromatic rings. The molecule has 1 aromatic heterocycles. The lowest BCUT2D eigenvalue weighted by atomic mass is 9.95. The zero-order valence-electron chi connectivity index (χ0n) is 11.6. The van der Waals surface area contributed by atoms with E-state index in [-0.39, 0.29) is 5.91 Å². The Labute approximate surface area is 115 Å². The van der Waals surface area contributed by atoms with Gasteiger partial charge in [-0.05, 0) is 31.4 Å². The first kappa shape index (κ1) is 13.8. The molecule has 1 fully saturated rings. The molecule has 19 heavy (non-hydrogen) atoms. The standard InChI is InChI=1S/C15H23N3O/c1-2-11-16-14-10-6-9-13(18-14)15(19)17-12-7-4-3-5-8-12/h6,9-10,12H,2-5,7-8,11H2,1H3,(H,16,18)(H,17,19). The van der Waals surface area contributed by atoms with Crippen molar-refractivity contribution >= 4 is 11.7 Å². The number of aromatic nitrogens is 1. The number of carbonyl (C=O) groups is 1. The van der Waals surface area contributed by atoms with Crippen LogP contribution in [0, 0.1) is 0 Å². The number of nitrogens with zero attached hydrogens (tertiary/aromatic N) is 1. The first-order valence-electron chi connectivity index (χ1n) is 7.31. The Kier molecular flexibility index (Phi) is 5.19. The van der Waals surface area contributed by atoms with Gasteiger partial charge in [0.1, 0.15) is 11.5 Å². The van der Waals surface area contributed by atoms with Crippen LogP contribution < -0.4 is 10.6 Å². The number of hydrogen-bond donors (Lipinski definition) is 2. The molecule has 0 aromatic carbocycles. The average molecular weight is 261 g/mol.